The number of rotatable bonds is 4. The number of nitrogens with zero attached hydrogens (tertiary/aromatic N) is 3. The van der Waals surface area contributed by atoms with Crippen LogP contribution >= 0.6 is 23.4 Å². The van der Waals surface area contributed by atoms with Gasteiger partial charge < -0.3 is 10.7 Å². The zero-order valence-corrected chi connectivity index (χ0v) is 12.1. The van der Waals surface area contributed by atoms with E-state index in [-0.39, 0.29) is 5.95 Å². The minimum Gasteiger partial charge on any atom is -0.368 e. The van der Waals surface area contributed by atoms with E-state index in [0.29, 0.717) is 11.5 Å². The van der Waals surface area contributed by atoms with E-state index in [1.54, 1.807) is 18.1 Å². The highest BCUT2D eigenvalue weighted by Gasteiger charge is 2.09. The Morgan fingerprint density at radius 1 is 1.25 bits per heavy atom. The number of nitrogens with two attached hydrogens (primary N) is 1. The van der Waals surface area contributed by atoms with Crippen molar-refractivity contribution in [3.8, 4) is 0 Å². The Morgan fingerprint density at radius 3 is 2.95 bits per heavy atom. The van der Waals surface area contributed by atoms with Crippen molar-refractivity contribution in [3.05, 3.63) is 41.7 Å². The number of H-pyrrole nitrogens is 1. The molecule has 0 aliphatic heterocycles. The van der Waals surface area contributed by atoms with Crippen molar-refractivity contribution < 1.29 is 0 Å². The number of anilines is 1. The average molecular weight is 306 g/mol. The average Bonchev–Trinajstić information content (AvgIpc) is 2.93. The normalized spacial score (nSPS) is 11.1. The number of fused-ring (bicyclic) bond motifs is 1. The molecule has 0 fully saturated rings. The maximum atomic E-state index is 5.84. The van der Waals surface area contributed by atoms with Crippen molar-refractivity contribution in [2.45, 2.75) is 16.7 Å². The van der Waals surface area contributed by atoms with Crippen LogP contribution in [0.2, 0.25) is 0 Å². The monoisotopic (exact) mass is 305 g/mol. The Hall–Kier alpha value is -1.79. The lowest BCUT2D eigenvalue weighted by molar-refractivity contribution is 1.10. The first-order valence-corrected chi connectivity index (χ1v) is 7.51. The Kier molecular flexibility index (Phi) is 3.75. The Labute approximate surface area is 125 Å². The molecule has 0 atom stereocenters. The second-order valence-electron chi connectivity index (χ2n) is 4.23. The molecule has 2 aromatic heterocycles. The van der Waals surface area contributed by atoms with Gasteiger partial charge in [0.2, 0.25) is 5.95 Å². The van der Waals surface area contributed by atoms with Gasteiger partial charge in [-0.1, -0.05) is 36.0 Å². The number of hydrogen-bond acceptors (Lipinski definition) is 5. The van der Waals surface area contributed by atoms with Crippen molar-refractivity contribution in [2.24, 2.45) is 0 Å². The Balaban J connectivity index is 1.84. The van der Waals surface area contributed by atoms with Gasteiger partial charge in [-0.2, -0.15) is 4.98 Å². The van der Waals surface area contributed by atoms with Gasteiger partial charge in [0.25, 0.3) is 0 Å². The van der Waals surface area contributed by atoms with E-state index in [9.17, 15) is 0 Å². The molecule has 0 amide bonds. The molecule has 0 saturated heterocycles. The minimum atomic E-state index is 0.238. The third kappa shape index (κ3) is 2.71. The second-order valence-corrected chi connectivity index (χ2v) is 5.46. The molecular formula is C13H12ClN5S. The molecule has 20 heavy (non-hydrogen) atoms. The van der Waals surface area contributed by atoms with Crippen LogP contribution in [0.25, 0.3) is 11.2 Å². The molecule has 102 valence electrons. The first kappa shape index (κ1) is 13.2. The zero-order valence-electron chi connectivity index (χ0n) is 10.5. The van der Waals surface area contributed by atoms with Crippen molar-refractivity contribution in [2.75, 3.05) is 5.73 Å². The molecule has 7 heteroatoms. The van der Waals surface area contributed by atoms with Crippen LogP contribution in [0, 0.1) is 0 Å². The van der Waals surface area contributed by atoms with Crippen LogP contribution in [0.1, 0.15) is 11.1 Å². The van der Waals surface area contributed by atoms with E-state index < -0.39 is 0 Å². The van der Waals surface area contributed by atoms with Gasteiger partial charge in [0, 0.05) is 11.6 Å². The number of nitrogen functional groups attached to an aromatic ring is 1. The highest BCUT2D eigenvalue weighted by molar-refractivity contribution is 7.98. The van der Waals surface area contributed by atoms with E-state index in [1.165, 1.54) is 5.56 Å². The Bertz CT molecular complexity index is 742. The summed E-state index contributed by atoms with van der Waals surface area (Å²) in [6.07, 6.45) is 1.59. The molecule has 0 radical (unpaired) electrons. The lowest BCUT2D eigenvalue weighted by atomic mass is 10.2. The number of hydrogen-bond donors (Lipinski definition) is 2. The molecule has 5 nitrogen and oxygen atoms in total. The van der Waals surface area contributed by atoms with E-state index in [2.05, 4.69) is 32.1 Å². The summed E-state index contributed by atoms with van der Waals surface area (Å²) in [5, 5.41) is 0.807. The standard InChI is InChI=1S/C13H12ClN5S/c14-5-8-2-1-3-9(4-8)6-20-12-10-11(17-7-16-10)18-13(15)19-12/h1-4,7H,5-6H2,(H3,15,16,17,18,19). The van der Waals surface area contributed by atoms with E-state index in [0.717, 1.165) is 21.9 Å². The predicted molar refractivity (Wildman–Crippen MR) is 81.7 cm³/mol. The fraction of sp³-hybridized carbons (Fsp3) is 0.154. The van der Waals surface area contributed by atoms with Crippen LogP contribution < -0.4 is 5.73 Å². The highest BCUT2D eigenvalue weighted by atomic mass is 35.5. The number of halogens is 1. The van der Waals surface area contributed by atoms with E-state index >= 15 is 0 Å². The Morgan fingerprint density at radius 2 is 2.10 bits per heavy atom. The molecule has 0 saturated carbocycles. The van der Waals surface area contributed by atoms with Gasteiger partial charge in [-0.3, -0.25) is 0 Å². The van der Waals surface area contributed by atoms with Crippen molar-refractivity contribution in [1.29, 1.82) is 0 Å². The first-order chi connectivity index (χ1) is 9.76. The summed E-state index contributed by atoms with van der Waals surface area (Å²) < 4.78 is 0. The van der Waals surface area contributed by atoms with Gasteiger partial charge in [-0.25, -0.2) is 9.97 Å². The molecule has 0 unspecified atom stereocenters. The predicted octanol–water partition coefficient (Wildman–Crippen LogP) is 2.97. The first-order valence-electron chi connectivity index (χ1n) is 5.99. The smallest absolute Gasteiger partial charge is 0.223 e. The lowest BCUT2D eigenvalue weighted by Crippen LogP contribution is -1.97. The third-order valence-corrected chi connectivity index (χ3v) is 4.15. The van der Waals surface area contributed by atoms with Crippen LogP contribution in [-0.2, 0) is 11.6 Å². The maximum Gasteiger partial charge on any atom is 0.223 e. The van der Waals surface area contributed by atoms with Crippen LogP contribution in [0.5, 0.6) is 0 Å². The van der Waals surface area contributed by atoms with E-state index in [1.807, 2.05) is 12.1 Å². The van der Waals surface area contributed by atoms with Crippen LogP contribution in [0.3, 0.4) is 0 Å². The van der Waals surface area contributed by atoms with Gasteiger partial charge in [0.05, 0.1) is 6.33 Å². The zero-order chi connectivity index (χ0) is 13.9. The van der Waals surface area contributed by atoms with Crippen molar-refractivity contribution in [1.82, 2.24) is 19.9 Å². The molecule has 1 aromatic carbocycles. The summed E-state index contributed by atoms with van der Waals surface area (Å²) in [5.74, 6) is 1.54. The maximum absolute atomic E-state index is 5.84. The summed E-state index contributed by atoms with van der Waals surface area (Å²) in [4.78, 5) is 15.5. The number of aromatic nitrogens is 4. The highest BCUT2D eigenvalue weighted by Crippen LogP contribution is 2.27. The SMILES string of the molecule is Nc1nc(SCc2cccc(CCl)c2)c2[nH]cnc2n1. The summed E-state index contributed by atoms with van der Waals surface area (Å²) in [5.41, 5.74) is 9.40. The third-order valence-electron chi connectivity index (χ3n) is 2.79. The molecule has 0 spiro atoms. The van der Waals surface area contributed by atoms with Crippen molar-refractivity contribution in [3.63, 3.8) is 0 Å². The van der Waals surface area contributed by atoms with Gasteiger partial charge in [-0.15, -0.1) is 11.6 Å². The number of imidazole rings is 1. The second kappa shape index (κ2) is 5.68. The number of alkyl halides is 1. The molecule has 3 N–H and O–H groups in total. The minimum absolute atomic E-state index is 0.238. The number of aromatic amines is 1. The fourth-order valence-corrected chi connectivity index (χ4v) is 2.98. The molecule has 2 heterocycles. The molecule has 3 rings (SSSR count). The van der Waals surface area contributed by atoms with Gasteiger partial charge in [0.1, 0.15) is 10.5 Å². The molecule has 3 aromatic rings. The summed E-state index contributed by atoms with van der Waals surface area (Å²) in [6, 6.07) is 8.18. The number of nitrogens with one attached hydrogen (secondary N) is 1. The van der Waals surface area contributed by atoms with Gasteiger partial charge in [-0.05, 0) is 11.1 Å². The summed E-state index contributed by atoms with van der Waals surface area (Å²) >= 11 is 7.44. The molecular weight excluding hydrogens is 294 g/mol. The topological polar surface area (TPSA) is 80.5 Å². The summed E-state index contributed by atoms with van der Waals surface area (Å²) in [6.45, 7) is 0. The van der Waals surface area contributed by atoms with E-state index in [4.69, 9.17) is 17.3 Å². The summed E-state index contributed by atoms with van der Waals surface area (Å²) in [7, 11) is 0. The molecule has 0 aliphatic rings. The van der Waals surface area contributed by atoms with Gasteiger partial charge >= 0.3 is 0 Å². The van der Waals surface area contributed by atoms with Crippen LogP contribution in [0.4, 0.5) is 5.95 Å². The van der Waals surface area contributed by atoms with Crippen molar-refractivity contribution >= 4 is 40.5 Å². The fourth-order valence-electron chi connectivity index (χ4n) is 1.88. The number of benzene rings is 1. The van der Waals surface area contributed by atoms with Crippen LogP contribution in [0.15, 0.2) is 35.6 Å². The largest absolute Gasteiger partial charge is 0.368 e. The quantitative estimate of drug-likeness (QED) is 0.440. The lowest BCUT2D eigenvalue weighted by Gasteiger charge is -2.04. The van der Waals surface area contributed by atoms with Crippen LogP contribution in [-0.4, -0.2) is 19.9 Å². The molecule has 0 aliphatic carbocycles. The molecule has 0 bridgehead atoms. The van der Waals surface area contributed by atoms with Gasteiger partial charge in [0.15, 0.2) is 5.65 Å². The number of thioether (sulfide) groups is 1.